The van der Waals surface area contributed by atoms with Crippen LogP contribution in [0.15, 0.2) is 30.3 Å². The molecular formula is C18H24N4O2. The lowest BCUT2D eigenvalue weighted by Gasteiger charge is -2.36. The molecule has 1 saturated heterocycles. The van der Waals surface area contributed by atoms with Crippen LogP contribution < -0.4 is 9.64 Å². The summed E-state index contributed by atoms with van der Waals surface area (Å²) in [7, 11) is 1.69. The highest BCUT2D eigenvalue weighted by Gasteiger charge is 2.25. The van der Waals surface area contributed by atoms with Gasteiger partial charge in [0.2, 0.25) is 0 Å². The molecule has 0 spiro atoms. The number of aromatic nitrogens is 2. The number of carbonyl (C=O) groups excluding carboxylic acids is 1. The number of methoxy groups -OCH3 is 1. The van der Waals surface area contributed by atoms with Crippen molar-refractivity contribution in [3.63, 3.8) is 0 Å². The van der Waals surface area contributed by atoms with Crippen LogP contribution in [0.25, 0.3) is 0 Å². The first-order valence-corrected chi connectivity index (χ1v) is 8.35. The van der Waals surface area contributed by atoms with Gasteiger partial charge in [-0.15, -0.1) is 0 Å². The number of amides is 1. The molecule has 24 heavy (non-hydrogen) atoms. The summed E-state index contributed by atoms with van der Waals surface area (Å²) in [6.07, 6.45) is 0. The van der Waals surface area contributed by atoms with E-state index in [9.17, 15) is 4.79 Å². The number of hydrogen-bond acceptors (Lipinski definition) is 4. The van der Waals surface area contributed by atoms with Gasteiger partial charge in [0.25, 0.3) is 5.91 Å². The van der Waals surface area contributed by atoms with Gasteiger partial charge >= 0.3 is 0 Å². The highest BCUT2D eigenvalue weighted by atomic mass is 16.5. The van der Waals surface area contributed by atoms with Crippen molar-refractivity contribution >= 4 is 11.6 Å². The lowest BCUT2D eigenvalue weighted by Crippen LogP contribution is -2.49. The zero-order valence-electron chi connectivity index (χ0n) is 14.5. The topological polar surface area (TPSA) is 50.6 Å². The molecule has 0 atom stereocenters. The second kappa shape index (κ2) is 6.95. The van der Waals surface area contributed by atoms with E-state index in [1.54, 1.807) is 11.8 Å². The van der Waals surface area contributed by atoms with Gasteiger partial charge in [0, 0.05) is 32.7 Å². The highest BCUT2D eigenvalue weighted by Crippen LogP contribution is 2.28. The van der Waals surface area contributed by atoms with E-state index in [-0.39, 0.29) is 5.91 Å². The van der Waals surface area contributed by atoms with Crippen LogP contribution in [0.1, 0.15) is 23.1 Å². The molecular weight excluding hydrogens is 304 g/mol. The normalized spacial score (nSPS) is 14.8. The zero-order valence-corrected chi connectivity index (χ0v) is 14.5. The predicted octanol–water partition coefficient (Wildman–Crippen LogP) is 2.18. The quantitative estimate of drug-likeness (QED) is 0.863. The Hall–Kier alpha value is -2.50. The van der Waals surface area contributed by atoms with Gasteiger partial charge < -0.3 is 14.5 Å². The van der Waals surface area contributed by atoms with Gasteiger partial charge in [-0.1, -0.05) is 12.1 Å². The average Bonchev–Trinajstić information content (AvgIpc) is 3.02. The van der Waals surface area contributed by atoms with Crippen LogP contribution in [-0.2, 0) is 6.54 Å². The summed E-state index contributed by atoms with van der Waals surface area (Å²) in [5, 5.41) is 4.37. The molecule has 1 amide bonds. The van der Waals surface area contributed by atoms with Crippen molar-refractivity contribution in [3.05, 3.63) is 41.7 Å². The number of carbonyl (C=O) groups is 1. The molecule has 0 saturated carbocycles. The van der Waals surface area contributed by atoms with E-state index in [1.807, 2.05) is 43.0 Å². The van der Waals surface area contributed by atoms with Crippen molar-refractivity contribution in [2.45, 2.75) is 20.4 Å². The first kappa shape index (κ1) is 16.4. The molecule has 2 aromatic rings. The number of ether oxygens (including phenoxy) is 1. The molecule has 6 nitrogen and oxygen atoms in total. The third-order valence-electron chi connectivity index (χ3n) is 4.41. The SMILES string of the molecule is CCn1nc(C)cc1C(=O)N1CCN(c2ccccc2OC)CC1. The zero-order chi connectivity index (χ0) is 17.1. The monoisotopic (exact) mass is 328 g/mol. The number of nitrogens with zero attached hydrogens (tertiary/aromatic N) is 4. The van der Waals surface area contributed by atoms with Crippen LogP contribution in [-0.4, -0.2) is 53.9 Å². The molecule has 6 heteroatoms. The molecule has 2 heterocycles. The number of piperazine rings is 1. The van der Waals surface area contributed by atoms with Gasteiger partial charge in [-0.05, 0) is 32.0 Å². The molecule has 1 fully saturated rings. The minimum absolute atomic E-state index is 0.0668. The Morgan fingerprint density at radius 3 is 2.58 bits per heavy atom. The van der Waals surface area contributed by atoms with Gasteiger partial charge in [-0.25, -0.2) is 0 Å². The Kier molecular flexibility index (Phi) is 4.74. The number of para-hydroxylation sites is 2. The minimum atomic E-state index is 0.0668. The molecule has 0 N–H and O–H groups in total. The average molecular weight is 328 g/mol. The maximum Gasteiger partial charge on any atom is 0.272 e. The van der Waals surface area contributed by atoms with Gasteiger partial charge in [-0.2, -0.15) is 5.10 Å². The van der Waals surface area contributed by atoms with Crippen molar-refractivity contribution in [1.82, 2.24) is 14.7 Å². The van der Waals surface area contributed by atoms with Crippen LogP contribution in [0, 0.1) is 6.92 Å². The number of benzene rings is 1. The second-order valence-electron chi connectivity index (χ2n) is 5.94. The predicted molar refractivity (Wildman–Crippen MR) is 93.7 cm³/mol. The largest absolute Gasteiger partial charge is 0.495 e. The Balaban J connectivity index is 1.69. The first-order chi connectivity index (χ1) is 11.6. The molecule has 0 aliphatic carbocycles. The van der Waals surface area contributed by atoms with Crippen molar-refractivity contribution in [3.8, 4) is 5.75 Å². The molecule has 1 aliphatic heterocycles. The third-order valence-corrected chi connectivity index (χ3v) is 4.41. The van der Waals surface area contributed by atoms with Crippen molar-refractivity contribution < 1.29 is 9.53 Å². The lowest BCUT2D eigenvalue weighted by atomic mass is 10.2. The summed E-state index contributed by atoms with van der Waals surface area (Å²) in [5.41, 5.74) is 2.65. The standard InChI is InChI=1S/C18H24N4O2/c1-4-22-16(13-14(2)19-22)18(23)21-11-9-20(10-12-21)15-7-5-6-8-17(15)24-3/h5-8,13H,4,9-12H2,1-3H3. The lowest BCUT2D eigenvalue weighted by molar-refractivity contribution is 0.0734. The molecule has 0 bridgehead atoms. The van der Waals surface area contributed by atoms with Crippen LogP contribution in [0.4, 0.5) is 5.69 Å². The van der Waals surface area contributed by atoms with Gasteiger partial charge in [-0.3, -0.25) is 9.48 Å². The van der Waals surface area contributed by atoms with Gasteiger partial charge in [0.05, 0.1) is 18.5 Å². The van der Waals surface area contributed by atoms with E-state index in [0.717, 1.165) is 30.2 Å². The smallest absolute Gasteiger partial charge is 0.272 e. The fourth-order valence-electron chi connectivity index (χ4n) is 3.16. The summed E-state index contributed by atoms with van der Waals surface area (Å²) >= 11 is 0. The summed E-state index contributed by atoms with van der Waals surface area (Å²) in [5.74, 6) is 0.939. The third kappa shape index (κ3) is 3.09. The van der Waals surface area contributed by atoms with Crippen LogP contribution in [0.2, 0.25) is 0 Å². The number of anilines is 1. The maximum atomic E-state index is 12.8. The summed E-state index contributed by atoms with van der Waals surface area (Å²) in [6, 6.07) is 9.88. The second-order valence-corrected chi connectivity index (χ2v) is 5.94. The van der Waals surface area contributed by atoms with Gasteiger partial charge in [0.1, 0.15) is 11.4 Å². The summed E-state index contributed by atoms with van der Waals surface area (Å²) in [6.45, 7) is 7.62. The first-order valence-electron chi connectivity index (χ1n) is 8.35. The highest BCUT2D eigenvalue weighted by molar-refractivity contribution is 5.93. The Morgan fingerprint density at radius 1 is 1.21 bits per heavy atom. The summed E-state index contributed by atoms with van der Waals surface area (Å²) in [4.78, 5) is 17.0. The molecule has 0 radical (unpaired) electrons. The van der Waals surface area contributed by atoms with Crippen LogP contribution in [0.3, 0.4) is 0 Å². The van der Waals surface area contributed by atoms with E-state index in [2.05, 4.69) is 16.1 Å². The van der Waals surface area contributed by atoms with Crippen molar-refractivity contribution in [1.29, 1.82) is 0 Å². The number of aryl methyl sites for hydroxylation is 2. The fraction of sp³-hybridized carbons (Fsp3) is 0.444. The van der Waals surface area contributed by atoms with Crippen LogP contribution in [0.5, 0.6) is 5.75 Å². The Bertz CT molecular complexity index is 718. The van der Waals surface area contributed by atoms with E-state index in [4.69, 9.17) is 4.74 Å². The molecule has 0 unspecified atom stereocenters. The van der Waals surface area contributed by atoms with Crippen molar-refractivity contribution in [2.75, 3.05) is 38.2 Å². The molecule has 1 aromatic heterocycles. The minimum Gasteiger partial charge on any atom is -0.495 e. The molecule has 128 valence electrons. The fourth-order valence-corrected chi connectivity index (χ4v) is 3.16. The molecule has 1 aliphatic rings. The van der Waals surface area contributed by atoms with E-state index >= 15 is 0 Å². The van der Waals surface area contributed by atoms with Gasteiger partial charge in [0.15, 0.2) is 0 Å². The van der Waals surface area contributed by atoms with Crippen LogP contribution >= 0.6 is 0 Å². The van der Waals surface area contributed by atoms with E-state index in [1.165, 1.54) is 0 Å². The Labute approximate surface area is 142 Å². The van der Waals surface area contributed by atoms with E-state index < -0.39 is 0 Å². The maximum absolute atomic E-state index is 12.8. The molecule has 1 aromatic carbocycles. The number of rotatable bonds is 4. The van der Waals surface area contributed by atoms with Crippen molar-refractivity contribution in [2.24, 2.45) is 0 Å². The van der Waals surface area contributed by atoms with E-state index in [0.29, 0.717) is 25.3 Å². The Morgan fingerprint density at radius 2 is 1.92 bits per heavy atom. The molecule has 3 rings (SSSR count). The number of hydrogen-bond donors (Lipinski definition) is 0. The summed E-state index contributed by atoms with van der Waals surface area (Å²) < 4.78 is 7.22.